The number of carbonyl (C=O) groups excluding carboxylic acids is 6. The number of benzene rings is 6. The number of nitrogens with one attached hydrogen (secondary N) is 4. The van der Waals surface area contributed by atoms with Crippen LogP contribution in [0.3, 0.4) is 0 Å². The molecule has 4 amide bonds. The van der Waals surface area contributed by atoms with Crippen LogP contribution in [0.2, 0.25) is 0 Å². The number of carbonyl (C=O) groups is 6. The molecule has 1 heterocycles. The van der Waals surface area contributed by atoms with E-state index >= 15 is 9.59 Å². The minimum atomic E-state index is -0.858. The molecule has 0 aliphatic carbocycles. The Bertz CT molecular complexity index is 3520. The van der Waals surface area contributed by atoms with Gasteiger partial charge in [-0.25, -0.2) is 9.59 Å². The molecule has 0 spiro atoms. The molecule has 0 fully saturated rings. The van der Waals surface area contributed by atoms with E-state index in [9.17, 15) is 19.2 Å². The highest BCUT2D eigenvalue weighted by Crippen LogP contribution is 2.53. The summed E-state index contributed by atoms with van der Waals surface area (Å²) in [7, 11) is 2.61. The van der Waals surface area contributed by atoms with Crippen LogP contribution < -0.4 is 45.0 Å². The van der Waals surface area contributed by atoms with E-state index in [-0.39, 0.29) is 80.1 Å². The monoisotopic (exact) mass is 1310 g/mol. The summed E-state index contributed by atoms with van der Waals surface area (Å²) >= 11 is 0. The molecule has 6 aromatic rings. The summed E-state index contributed by atoms with van der Waals surface area (Å²) in [6, 6.07) is 27.1. The van der Waals surface area contributed by atoms with E-state index in [1.165, 1.54) is 14.2 Å². The van der Waals surface area contributed by atoms with Crippen molar-refractivity contribution in [2.24, 2.45) is 23.7 Å². The predicted molar refractivity (Wildman–Crippen MR) is 381 cm³/mol. The summed E-state index contributed by atoms with van der Waals surface area (Å²) in [5, 5.41) is 12.3. The van der Waals surface area contributed by atoms with E-state index in [1.807, 2.05) is 12.1 Å². The number of ether oxygens (including phenoxy) is 7. The van der Waals surface area contributed by atoms with Crippen LogP contribution >= 0.6 is 0 Å². The van der Waals surface area contributed by atoms with Crippen molar-refractivity contribution in [2.75, 3.05) is 61.9 Å². The van der Waals surface area contributed by atoms with E-state index in [4.69, 9.17) is 33.2 Å². The Hall–Kier alpha value is -8.86. The van der Waals surface area contributed by atoms with Crippen molar-refractivity contribution < 1.29 is 61.9 Å². The minimum Gasteiger partial charge on any atom is -0.491 e. The van der Waals surface area contributed by atoms with Crippen molar-refractivity contribution in [1.29, 1.82) is 0 Å². The molecule has 1 aliphatic rings. The lowest BCUT2D eigenvalue weighted by atomic mass is 9.70. The molecule has 0 unspecified atom stereocenters. The fraction of sp³-hybridized carbons (Fsp3) is 0.468. The Morgan fingerprint density at radius 1 is 0.385 bits per heavy atom. The third-order valence-electron chi connectivity index (χ3n) is 18.8. The number of hydrogen-bond donors (Lipinski definition) is 4. The van der Waals surface area contributed by atoms with Crippen molar-refractivity contribution in [3.63, 3.8) is 0 Å². The van der Waals surface area contributed by atoms with E-state index in [0.29, 0.717) is 60.7 Å². The van der Waals surface area contributed by atoms with Crippen LogP contribution in [0.25, 0.3) is 0 Å². The van der Waals surface area contributed by atoms with Crippen molar-refractivity contribution in [2.45, 2.75) is 178 Å². The van der Waals surface area contributed by atoms with Gasteiger partial charge in [0.25, 0.3) is 23.6 Å². The Morgan fingerprint density at radius 2 is 0.646 bits per heavy atom. The van der Waals surface area contributed by atoms with Gasteiger partial charge in [-0.05, 0) is 131 Å². The fourth-order valence-corrected chi connectivity index (χ4v) is 11.3. The summed E-state index contributed by atoms with van der Waals surface area (Å²) < 4.78 is 42.7. The molecule has 96 heavy (non-hydrogen) atoms. The van der Waals surface area contributed by atoms with Gasteiger partial charge < -0.3 is 54.4 Å². The third-order valence-corrected chi connectivity index (χ3v) is 18.8. The molecule has 0 saturated heterocycles. The van der Waals surface area contributed by atoms with Crippen LogP contribution in [0.1, 0.15) is 247 Å². The Kier molecular flexibility index (Phi) is 25.4. The highest BCUT2D eigenvalue weighted by molar-refractivity contribution is 6.11. The van der Waals surface area contributed by atoms with Gasteiger partial charge in [0.15, 0.2) is 0 Å². The van der Waals surface area contributed by atoms with Gasteiger partial charge in [0, 0.05) is 27.7 Å². The Labute approximate surface area is 568 Å². The molecule has 1 aliphatic heterocycles. The molecule has 17 nitrogen and oxygen atoms in total. The molecular weight excluding hydrogens is 1210 g/mol. The third kappa shape index (κ3) is 18.0. The molecule has 6 aromatic carbocycles. The van der Waals surface area contributed by atoms with Crippen molar-refractivity contribution in [3.05, 3.63) is 153 Å². The lowest BCUT2D eigenvalue weighted by molar-refractivity contribution is 0.0591. The van der Waals surface area contributed by atoms with Crippen molar-refractivity contribution in [3.8, 4) is 34.5 Å². The smallest absolute Gasteiger partial charge is 0.337 e. The zero-order valence-electron chi connectivity index (χ0n) is 59.8. The second-order valence-corrected chi connectivity index (χ2v) is 27.6. The summed E-state index contributed by atoms with van der Waals surface area (Å²) in [6.45, 7) is 34.7. The van der Waals surface area contributed by atoms with Crippen molar-refractivity contribution >= 4 is 58.3 Å². The summed E-state index contributed by atoms with van der Waals surface area (Å²) in [5.74, 6) is -0.510. The molecule has 0 radical (unpaired) electrons. The molecule has 4 N–H and O–H groups in total. The average Bonchev–Trinajstić information content (AvgIpc) is 0.719. The molecular formula is C79H102N4O13. The Morgan fingerprint density at radius 3 is 0.906 bits per heavy atom. The van der Waals surface area contributed by atoms with E-state index in [2.05, 4.69) is 144 Å². The first-order valence-corrected chi connectivity index (χ1v) is 34.1. The lowest BCUT2D eigenvalue weighted by Crippen LogP contribution is -2.30. The van der Waals surface area contributed by atoms with Crippen LogP contribution in [-0.4, -0.2) is 76.2 Å². The standard InChI is InChI=1S/C79H102N4O13/c1-19-47(20-2)43-92-65-35-51(71(84)80-61-33-29-53(75(88)90-17)37-67(61)94-45-49(23-5)24-6)27-31-63(65)82-73(86)57-39-55(77(9,10)11)41-59-69(57)96-70-58(40-56(78(12,13)14)42-60(70)79(59,15)16)74(87)83-64-32-28-52(36-66(64)93-44-48(21-3)22-4)72(85)81-62-34-30-54(76(89)91-18)38-68(62)95-46-50(25-7)26-8/h27-42,47-50H,19-26,43-46H2,1-18H3,(H,80,84)(H,81,85)(H,82,86)(H,83,87). The average molecular weight is 1320 g/mol. The summed E-state index contributed by atoms with van der Waals surface area (Å²) in [6.07, 6.45) is 6.89. The van der Waals surface area contributed by atoms with Gasteiger partial charge in [0.1, 0.15) is 34.5 Å². The zero-order valence-corrected chi connectivity index (χ0v) is 59.8. The maximum Gasteiger partial charge on any atom is 0.337 e. The molecule has 0 bridgehead atoms. The molecule has 0 atom stereocenters. The number of rotatable bonds is 30. The molecule has 17 heteroatoms. The van der Waals surface area contributed by atoms with Gasteiger partial charge in [-0.3, -0.25) is 19.2 Å². The first kappa shape index (κ1) is 74.5. The minimum absolute atomic E-state index is 0.176. The number of amides is 4. The topological polar surface area (TPSA) is 215 Å². The van der Waals surface area contributed by atoms with Crippen LogP contribution in [0.5, 0.6) is 34.5 Å². The zero-order chi connectivity index (χ0) is 70.4. The first-order valence-electron chi connectivity index (χ1n) is 34.1. The maximum atomic E-state index is 15.5. The van der Waals surface area contributed by atoms with Crippen molar-refractivity contribution in [1.82, 2.24) is 0 Å². The summed E-state index contributed by atoms with van der Waals surface area (Å²) in [5.41, 5.74) is 4.25. The molecule has 0 saturated carbocycles. The molecule has 516 valence electrons. The van der Waals surface area contributed by atoms with Crippen LogP contribution in [0.15, 0.2) is 97.1 Å². The van der Waals surface area contributed by atoms with Crippen LogP contribution in [0, 0.1) is 23.7 Å². The molecule has 0 aromatic heterocycles. The number of anilines is 4. The van der Waals surface area contributed by atoms with Gasteiger partial charge in [0.2, 0.25) is 0 Å². The number of esters is 2. The number of fused-ring (bicyclic) bond motifs is 2. The first-order chi connectivity index (χ1) is 45.6. The largest absolute Gasteiger partial charge is 0.491 e. The second-order valence-electron chi connectivity index (χ2n) is 27.6. The van der Waals surface area contributed by atoms with Crippen LogP contribution in [0.4, 0.5) is 22.7 Å². The van der Waals surface area contributed by atoms with Gasteiger partial charge >= 0.3 is 11.9 Å². The van der Waals surface area contributed by atoms with Crippen LogP contribution in [-0.2, 0) is 25.7 Å². The molecule has 7 rings (SSSR count). The quantitative estimate of drug-likeness (QED) is 0.0309. The van der Waals surface area contributed by atoms with Gasteiger partial charge in [0.05, 0.1) is 85.7 Å². The SMILES string of the molecule is CCC(CC)COc1cc(C(=O)OC)ccc1NC(=O)c1ccc(NC(=O)c2cc(C(C)(C)C)cc3c2Oc2c(C(=O)Nc4ccc(C(=O)Nc5ccc(C(=O)OC)cc5OCC(CC)CC)cc4OCC(CC)CC)cc(C(C)(C)C)cc2C3(C)C)c(OCC(CC)CC)c1. The highest BCUT2D eigenvalue weighted by Gasteiger charge is 2.41. The second kappa shape index (κ2) is 32.7. The van der Waals surface area contributed by atoms with Gasteiger partial charge in [-0.2, -0.15) is 0 Å². The lowest BCUT2D eigenvalue weighted by Gasteiger charge is -2.38. The fourth-order valence-electron chi connectivity index (χ4n) is 11.3. The highest BCUT2D eigenvalue weighted by atomic mass is 16.5. The predicted octanol–water partition coefficient (Wildman–Crippen LogP) is 18.6. The normalized spacial score (nSPS) is 12.5. The van der Waals surface area contributed by atoms with Gasteiger partial charge in [-0.15, -0.1) is 0 Å². The Balaban J connectivity index is 1.28. The van der Waals surface area contributed by atoms with E-state index in [1.54, 1.807) is 72.8 Å². The maximum absolute atomic E-state index is 15.5. The number of hydrogen-bond acceptors (Lipinski definition) is 13. The summed E-state index contributed by atoms with van der Waals surface area (Å²) in [4.78, 5) is 84.9. The van der Waals surface area contributed by atoms with Gasteiger partial charge in [-0.1, -0.05) is 174 Å². The van der Waals surface area contributed by atoms with E-state index in [0.717, 1.165) is 73.6 Å². The number of methoxy groups -OCH3 is 2. The van der Waals surface area contributed by atoms with E-state index < -0.39 is 51.8 Å².